The fourth-order valence-corrected chi connectivity index (χ4v) is 2.82. The number of aryl methyl sites for hydroxylation is 1. The first-order chi connectivity index (χ1) is 11.2. The third-order valence-electron chi connectivity index (χ3n) is 3.89. The first-order valence-electron chi connectivity index (χ1n) is 7.73. The number of benzene rings is 1. The number of nitrogens with one attached hydrogen (secondary N) is 1. The Balaban J connectivity index is 1.52. The van der Waals surface area contributed by atoms with Crippen LogP contribution in [0.15, 0.2) is 36.3 Å². The molecule has 122 valence electrons. The number of hydrogen-bond donors (Lipinski definition) is 1. The van der Waals surface area contributed by atoms with E-state index in [1.807, 2.05) is 18.2 Å². The Hall–Kier alpha value is -2.50. The van der Waals surface area contributed by atoms with Crippen LogP contribution < -0.4 is 5.32 Å². The lowest BCUT2D eigenvalue weighted by atomic mass is 9.88. The molecule has 0 saturated carbocycles. The van der Waals surface area contributed by atoms with Gasteiger partial charge in [-0.05, 0) is 30.4 Å². The maximum Gasteiger partial charge on any atom is 0.377 e. The second-order valence-electron chi connectivity index (χ2n) is 5.49. The third-order valence-corrected chi connectivity index (χ3v) is 3.89. The average Bonchev–Trinajstić information content (AvgIpc) is 2.61. The molecule has 1 N–H and O–H groups in total. The maximum absolute atomic E-state index is 12.0. The van der Waals surface area contributed by atoms with Gasteiger partial charge in [-0.15, -0.1) is 0 Å². The van der Waals surface area contributed by atoms with Crippen LogP contribution in [0.5, 0.6) is 0 Å². The summed E-state index contributed by atoms with van der Waals surface area (Å²) in [5.74, 6) is -1.02. The first-order valence-corrected chi connectivity index (χ1v) is 7.73. The minimum absolute atomic E-state index is 0.00735. The summed E-state index contributed by atoms with van der Waals surface area (Å²) < 4.78 is 15.0. The molecule has 1 unspecified atom stereocenters. The molecule has 1 atom stereocenters. The van der Waals surface area contributed by atoms with Crippen LogP contribution in [0.1, 0.15) is 30.0 Å². The van der Waals surface area contributed by atoms with Gasteiger partial charge in [0.15, 0.2) is 6.61 Å². The average molecular weight is 317 g/mol. The van der Waals surface area contributed by atoms with Gasteiger partial charge in [0.25, 0.3) is 5.91 Å². The molecule has 6 heteroatoms. The molecule has 0 radical (unpaired) electrons. The number of rotatable bonds is 4. The SMILES string of the molecule is O=C(COC(=O)C1=COCCO1)NC1CCCc2ccccc21. The zero-order chi connectivity index (χ0) is 16.1. The molecule has 1 aromatic carbocycles. The number of carbonyl (C=O) groups is 2. The minimum Gasteiger partial charge on any atom is -0.493 e. The van der Waals surface area contributed by atoms with Crippen molar-refractivity contribution < 1.29 is 23.8 Å². The van der Waals surface area contributed by atoms with E-state index in [0.29, 0.717) is 13.2 Å². The second kappa shape index (κ2) is 7.17. The first kappa shape index (κ1) is 15.4. The highest BCUT2D eigenvalue weighted by molar-refractivity contribution is 5.88. The topological polar surface area (TPSA) is 73.9 Å². The zero-order valence-electron chi connectivity index (χ0n) is 12.7. The maximum atomic E-state index is 12.0. The van der Waals surface area contributed by atoms with E-state index in [1.165, 1.54) is 11.8 Å². The van der Waals surface area contributed by atoms with Gasteiger partial charge in [-0.3, -0.25) is 4.79 Å². The van der Waals surface area contributed by atoms with E-state index in [9.17, 15) is 9.59 Å². The van der Waals surface area contributed by atoms with Crippen LogP contribution in [0.3, 0.4) is 0 Å². The largest absolute Gasteiger partial charge is 0.493 e. The van der Waals surface area contributed by atoms with E-state index in [1.54, 1.807) is 0 Å². The quantitative estimate of drug-likeness (QED) is 0.854. The fourth-order valence-electron chi connectivity index (χ4n) is 2.82. The molecule has 0 aromatic heterocycles. The van der Waals surface area contributed by atoms with Gasteiger partial charge in [0.05, 0.1) is 6.04 Å². The predicted molar refractivity (Wildman–Crippen MR) is 81.2 cm³/mol. The van der Waals surface area contributed by atoms with E-state index in [0.717, 1.165) is 24.8 Å². The number of carbonyl (C=O) groups excluding carboxylic acids is 2. The summed E-state index contributed by atoms with van der Waals surface area (Å²) >= 11 is 0. The van der Waals surface area contributed by atoms with Crippen molar-refractivity contribution in [3.8, 4) is 0 Å². The van der Waals surface area contributed by atoms with Gasteiger partial charge < -0.3 is 19.5 Å². The van der Waals surface area contributed by atoms with Crippen LogP contribution >= 0.6 is 0 Å². The number of ether oxygens (including phenoxy) is 3. The molecule has 0 saturated heterocycles. The molecular formula is C17H19NO5. The molecule has 3 rings (SSSR count). The molecule has 0 bridgehead atoms. The van der Waals surface area contributed by atoms with Gasteiger partial charge in [-0.1, -0.05) is 24.3 Å². The zero-order valence-corrected chi connectivity index (χ0v) is 12.7. The van der Waals surface area contributed by atoms with Crippen molar-refractivity contribution in [3.63, 3.8) is 0 Å². The molecule has 1 heterocycles. The lowest BCUT2D eigenvalue weighted by molar-refractivity contribution is -0.149. The summed E-state index contributed by atoms with van der Waals surface area (Å²) in [7, 11) is 0. The molecule has 0 fully saturated rings. The Kier molecular flexibility index (Phi) is 4.80. The van der Waals surface area contributed by atoms with Gasteiger partial charge in [-0.2, -0.15) is 0 Å². The molecule has 23 heavy (non-hydrogen) atoms. The van der Waals surface area contributed by atoms with Crippen molar-refractivity contribution in [1.29, 1.82) is 0 Å². The molecule has 2 aliphatic rings. The molecular weight excluding hydrogens is 298 g/mol. The molecule has 1 aliphatic heterocycles. The Bertz CT molecular complexity index is 625. The molecule has 1 amide bonds. The number of esters is 1. The highest BCUT2D eigenvalue weighted by Crippen LogP contribution is 2.29. The predicted octanol–water partition coefficient (Wildman–Crippen LogP) is 1.61. The molecule has 6 nitrogen and oxygen atoms in total. The highest BCUT2D eigenvalue weighted by Gasteiger charge is 2.23. The van der Waals surface area contributed by atoms with Crippen molar-refractivity contribution >= 4 is 11.9 Å². The van der Waals surface area contributed by atoms with E-state index < -0.39 is 5.97 Å². The van der Waals surface area contributed by atoms with Crippen molar-refractivity contribution in [2.45, 2.75) is 25.3 Å². The number of hydrogen-bond acceptors (Lipinski definition) is 5. The summed E-state index contributed by atoms with van der Waals surface area (Å²) in [6.07, 6.45) is 4.16. The number of amides is 1. The Labute approximate surface area is 134 Å². The molecule has 1 aromatic rings. The van der Waals surface area contributed by atoms with E-state index in [-0.39, 0.29) is 24.3 Å². The number of fused-ring (bicyclic) bond motifs is 1. The van der Waals surface area contributed by atoms with Gasteiger partial charge in [0.1, 0.15) is 19.5 Å². The standard InChI is InChI=1S/C17H19NO5/c19-16(11-23-17(20)15-10-21-8-9-22-15)18-14-7-3-5-12-4-1-2-6-13(12)14/h1-2,4,6,10,14H,3,5,7-9,11H2,(H,18,19). The Morgan fingerprint density at radius 3 is 2.96 bits per heavy atom. The van der Waals surface area contributed by atoms with Crippen molar-refractivity contribution in [3.05, 3.63) is 47.4 Å². The Morgan fingerprint density at radius 2 is 2.13 bits per heavy atom. The van der Waals surface area contributed by atoms with Crippen molar-refractivity contribution in [1.82, 2.24) is 5.32 Å². The summed E-state index contributed by atoms with van der Waals surface area (Å²) in [6, 6.07) is 8.06. The smallest absolute Gasteiger partial charge is 0.377 e. The normalized spacial score (nSPS) is 19.5. The van der Waals surface area contributed by atoms with Crippen LogP contribution in [0.2, 0.25) is 0 Å². The van der Waals surface area contributed by atoms with E-state index in [2.05, 4.69) is 11.4 Å². The van der Waals surface area contributed by atoms with Crippen LogP contribution in [0.4, 0.5) is 0 Å². The van der Waals surface area contributed by atoms with E-state index >= 15 is 0 Å². The van der Waals surface area contributed by atoms with Gasteiger partial charge >= 0.3 is 5.97 Å². The molecule has 1 aliphatic carbocycles. The van der Waals surface area contributed by atoms with Crippen molar-refractivity contribution in [2.24, 2.45) is 0 Å². The van der Waals surface area contributed by atoms with E-state index in [4.69, 9.17) is 14.2 Å². The highest BCUT2D eigenvalue weighted by atomic mass is 16.6. The summed E-state index contributed by atoms with van der Waals surface area (Å²) in [5, 5.41) is 2.93. The van der Waals surface area contributed by atoms with Crippen LogP contribution in [-0.2, 0) is 30.2 Å². The monoisotopic (exact) mass is 317 g/mol. The van der Waals surface area contributed by atoms with Gasteiger partial charge in [0, 0.05) is 0 Å². The van der Waals surface area contributed by atoms with Gasteiger partial charge in [0.2, 0.25) is 5.76 Å². The van der Waals surface area contributed by atoms with Gasteiger partial charge in [-0.25, -0.2) is 4.79 Å². The molecule has 0 spiro atoms. The minimum atomic E-state index is -0.691. The second-order valence-corrected chi connectivity index (χ2v) is 5.49. The van der Waals surface area contributed by atoms with Crippen LogP contribution in [0, 0.1) is 0 Å². The fraction of sp³-hybridized carbons (Fsp3) is 0.412. The van der Waals surface area contributed by atoms with Crippen LogP contribution in [-0.4, -0.2) is 31.7 Å². The third kappa shape index (κ3) is 3.83. The van der Waals surface area contributed by atoms with Crippen LogP contribution in [0.25, 0.3) is 0 Å². The summed E-state index contributed by atoms with van der Waals surface area (Å²) in [4.78, 5) is 23.7. The van der Waals surface area contributed by atoms with Crippen molar-refractivity contribution in [2.75, 3.05) is 19.8 Å². The lowest BCUT2D eigenvalue weighted by Crippen LogP contribution is -2.34. The Morgan fingerprint density at radius 1 is 1.26 bits per heavy atom. The summed E-state index contributed by atoms with van der Waals surface area (Å²) in [5.41, 5.74) is 2.41. The summed E-state index contributed by atoms with van der Waals surface area (Å²) in [6.45, 7) is 0.364. The lowest BCUT2D eigenvalue weighted by Gasteiger charge is -2.26.